The Labute approximate surface area is 150 Å². The fourth-order valence-corrected chi connectivity index (χ4v) is 4.23. The van der Waals surface area contributed by atoms with E-state index in [1.165, 1.54) is 35.6 Å². The van der Waals surface area contributed by atoms with E-state index in [1.807, 2.05) is 5.38 Å². The number of nitrogens with zero attached hydrogens (tertiary/aromatic N) is 2. The van der Waals surface area contributed by atoms with Crippen LogP contribution in [0.25, 0.3) is 11.3 Å². The second-order valence-corrected chi connectivity index (χ2v) is 7.34. The number of rotatable bonds is 3. The third-order valence-electron chi connectivity index (χ3n) is 3.87. The maximum absolute atomic E-state index is 15.2. The first-order valence-corrected chi connectivity index (χ1v) is 9.16. The first kappa shape index (κ1) is 16.4. The molecular formula is C18H11F3N2S2. The van der Waals surface area contributed by atoms with Gasteiger partial charge in [-0.1, -0.05) is 66.4 Å². The Bertz CT molecular complexity index is 909. The summed E-state index contributed by atoms with van der Waals surface area (Å²) in [5.41, 5.74) is 3.77. The van der Waals surface area contributed by atoms with Crippen LogP contribution in [0, 0.1) is 0 Å². The van der Waals surface area contributed by atoms with E-state index in [4.69, 9.17) is 0 Å². The SMILES string of the molecule is FC1(F)N=C(c2ccc(-c3cscn3)cc2)SC1(F)c1ccccc1. The Balaban J connectivity index is 1.66. The summed E-state index contributed by atoms with van der Waals surface area (Å²) < 4.78 is 43.8. The molecule has 0 bridgehead atoms. The summed E-state index contributed by atoms with van der Waals surface area (Å²) in [6.07, 6.45) is 0. The second kappa shape index (κ2) is 6.00. The van der Waals surface area contributed by atoms with Crippen LogP contribution in [0.3, 0.4) is 0 Å². The molecule has 0 N–H and O–H groups in total. The fraction of sp³-hybridized carbons (Fsp3) is 0.111. The molecule has 1 unspecified atom stereocenters. The molecule has 0 fully saturated rings. The van der Waals surface area contributed by atoms with Crippen LogP contribution >= 0.6 is 23.1 Å². The molecule has 7 heteroatoms. The molecule has 4 rings (SSSR count). The first-order chi connectivity index (χ1) is 12.0. The zero-order chi connectivity index (χ0) is 17.5. The number of hydrogen-bond acceptors (Lipinski definition) is 4. The van der Waals surface area contributed by atoms with E-state index in [9.17, 15) is 8.78 Å². The van der Waals surface area contributed by atoms with Crippen molar-refractivity contribution in [3.05, 3.63) is 76.6 Å². The smallest absolute Gasteiger partial charge is 0.245 e. The van der Waals surface area contributed by atoms with Gasteiger partial charge in [0.15, 0.2) is 0 Å². The lowest BCUT2D eigenvalue weighted by molar-refractivity contribution is -0.0815. The number of thioether (sulfide) groups is 1. The van der Waals surface area contributed by atoms with Gasteiger partial charge in [0.1, 0.15) is 5.04 Å². The summed E-state index contributed by atoms with van der Waals surface area (Å²) in [7, 11) is 0. The lowest BCUT2D eigenvalue weighted by atomic mass is 10.1. The number of aliphatic imine (C=N–C) groups is 1. The van der Waals surface area contributed by atoms with Gasteiger partial charge in [0.2, 0.25) is 0 Å². The predicted molar refractivity (Wildman–Crippen MR) is 95.9 cm³/mol. The van der Waals surface area contributed by atoms with Crippen LogP contribution in [0.1, 0.15) is 11.1 Å². The normalized spacial score (nSPS) is 22.0. The Kier molecular flexibility index (Phi) is 3.92. The standard InChI is InChI=1S/C18H11F3N2S2/c19-17(14-4-2-1-3-5-14)18(20,21)23-16(25-17)13-8-6-12(7-9-13)15-10-24-11-22-15/h1-11H. The van der Waals surface area contributed by atoms with Crippen molar-refractivity contribution in [3.63, 3.8) is 0 Å². The molecule has 0 amide bonds. The molecule has 0 saturated heterocycles. The van der Waals surface area contributed by atoms with Gasteiger partial charge in [-0.25, -0.2) is 14.4 Å². The van der Waals surface area contributed by atoms with E-state index in [0.717, 1.165) is 11.3 Å². The largest absolute Gasteiger partial charge is 0.391 e. The van der Waals surface area contributed by atoms with Gasteiger partial charge in [0, 0.05) is 22.1 Å². The number of benzene rings is 2. The van der Waals surface area contributed by atoms with Crippen molar-refractivity contribution in [1.29, 1.82) is 0 Å². The maximum atomic E-state index is 15.2. The molecule has 0 spiro atoms. The van der Waals surface area contributed by atoms with Crippen LogP contribution in [-0.4, -0.2) is 16.1 Å². The molecule has 1 aliphatic heterocycles. The molecule has 2 heterocycles. The number of thiazole rings is 1. The van der Waals surface area contributed by atoms with E-state index in [0.29, 0.717) is 17.3 Å². The van der Waals surface area contributed by atoms with Gasteiger partial charge < -0.3 is 0 Å². The average molecular weight is 376 g/mol. The molecule has 2 aromatic carbocycles. The minimum Gasteiger partial charge on any atom is -0.245 e. The number of alkyl halides is 3. The monoisotopic (exact) mass is 376 g/mol. The quantitative estimate of drug-likeness (QED) is 0.546. The molecule has 0 radical (unpaired) electrons. The first-order valence-electron chi connectivity index (χ1n) is 7.40. The Morgan fingerprint density at radius 2 is 1.52 bits per heavy atom. The summed E-state index contributed by atoms with van der Waals surface area (Å²) in [5.74, 6) is 0. The molecule has 0 saturated carbocycles. The third-order valence-corrected chi connectivity index (χ3v) is 5.74. The van der Waals surface area contributed by atoms with Gasteiger partial charge in [-0.15, -0.1) is 11.3 Å². The zero-order valence-electron chi connectivity index (χ0n) is 12.7. The maximum Gasteiger partial charge on any atom is 0.391 e. The highest BCUT2D eigenvalue weighted by Crippen LogP contribution is 2.56. The fourth-order valence-electron chi connectivity index (χ4n) is 2.56. The summed E-state index contributed by atoms with van der Waals surface area (Å²) in [6.45, 7) is 0. The van der Waals surface area contributed by atoms with E-state index >= 15 is 4.39 Å². The van der Waals surface area contributed by atoms with Crippen LogP contribution in [0.4, 0.5) is 13.2 Å². The summed E-state index contributed by atoms with van der Waals surface area (Å²) >= 11 is 1.92. The van der Waals surface area contributed by atoms with E-state index in [-0.39, 0.29) is 10.6 Å². The lowest BCUT2D eigenvalue weighted by Crippen LogP contribution is -2.33. The van der Waals surface area contributed by atoms with Crippen LogP contribution in [0.2, 0.25) is 0 Å². The van der Waals surface area contributed by atoms with Crippen molar-refractivity contribution < 1.29 is 13.2 Å². The van der Waals surface area contributed by atoms with Crippen molar-refractivity contribution in [1.82, 2.24) is 4.98 Å². The molecule has 126 valence electrons. The van der Waals surface area contributed by atoms with Gasteiger partial charge in [-0.05, 0) is 0 Å². The van der Waals surface area contributed by atoms with Gasteiger partial charge in [0.05, 0.1) is 11.2 Å². The predicted octanol–water partition coefficient (Wildman–Crippen LogP) is 5.72. The number of aromatic nitrogens is 1. The highest BCUT2D eigenvalue weighted by atomic mass is 32.2. The van der Waals surface area contributed by atoms with Crippen molar-refractivity contribution >= 4 is 28.1 Å². The number of halogens is 3. The van der Waals surface area contributed by atoms with Gasteiger partial charge >= 0.3 is 6.05 Å². The molecule has 3 aromatic rings. The van der Waals surface area contributed by atoms with Crippen LogP contribution in [0.15, 0.2) is 70.5 Å². The van der Waals surface area contributed by atoms with E-state index < -0.39 is 11.0 Å². The molecule has 25 heavy (non-hydrogen) atoms. The van der Waals surface area contributed by atoms with Crippen LogP contribution < -0.4 is 0 Å². The average Bonchev–Trinajstić information content (AvgIpc) is 3.23. The molecule has 1 atom stereocenters. The minimum atomic E-state index is -3.83. The summed E-state index contributed by atoms with van der Waals surface area (Å²) in [5, 5.41) is -1.02. The topological polar surface area (TPSA) is 25.2 Å². The van der Waals surface area contributed by atoms with Gasteiger partial charge in [0.25, 0.3) is 5.00 Å². The minimum absolute atomic E-state index is 0.0128. The summed E-state index contributed by atoms with van der Waals surface area (Å²) in [4.78, 5) is 7.57. The third kappa shape index (κ3) is 2.77. The molecule has 0 aliphatic carbocycles. The van der Waals surface area contributed by atoms with E-state index in [2.05, 4.69) is 9.98 Å². The molecule has 1 aliphatic rings. The second-order valence-electron chi connectivity index (χ2n) is 5.47. The molecule has 1 aromatic heterocycles. The highest BCUT2D eigenvalue weighted by Gasteiger charge is 2.62. The zero-order valence-corrected chi connectivity index (χ0v) is 14.3. The van der Waals surface area contributed by atoms with Crippen molar-refractivity contribution in [2.45, 2.75) is 11.0 Å². The summed E-state index contributed by atoms with van der Waals surface area (Å²) in [6, 6.07) is 10.5. The van der Waals surface area contributed by atoms with Gasteiger partial charge in [-0.3, -0.25) is 0 Å². The number of hydrogen-bond donors (Lipinski definition) is 0. The Hall–Kier alpha value is -2.12. The van der Waals surface area contributed by atoms with Crippen molar-refractivity contribution in [2.75, 3.05) is 0 Å². The van der Waals surface area contributed by atoms with Crippen LogP contribution in [-0.2, 0) is 5.00 Å². The lowest BCUT2D eigenvalue weighted by Gasteiger charge is -2.24. The molecule has 2 nitrogen and oxygen atoms in total. The van der Waals surface area contributed by atoms with Crippen LogP contribution in [0.5, 0.6) is 0 Å². The van der Waals surface area contributed by atoms with E-state index in [1.54, 1.807) is 35.8 Å². The van der Waals surface area contributed by atoms with Crippen molar-refractivity contribution in [3.8, 4) is 11.3 Å². The Morgan fingerprint density at radius 3 is 2.16 bits per heavy atom. The van der Waals surface area contributed by atoms with Gasteiger partial charge in [-0.2, -0.15) is 8.78 Å². The Morgan fingerprint density at radius 1 is 0.840 bits per heavy atom. The molecular weight excluding hydrogens is 365 g/mol. The highest BCUT2D eigenvalue weighted by molar-refractivity contribution is 8.15. The van der Waals surface area contributed by atoms with Crippen molar-refractivity contribution in [2.24, 2.45) is 4.99 Å².